The molecule has 8 heteroatoms. The number of hydrogen-bond donors (Lipinski definition) is 5. The third-order valence-corrected chi connectivity index (χ3v) is 5.89. The predicted molar refractivity (Wildman–Crippen MR) is 114 cm³/mol. The first kappa shape index (κ1) is 19.6. The Kier molecular flexibility index (Phi) is 5.62. The van der Waals surface area contributed by atoms with Crippen LogP contribution < -0.4 is 27.0 Å². The summed E-state index contributed by atoms with van der Waals surface area (Å²) in [7, 11) is 0. The molecule has 1 saturated carbocycles. The molecule has 29 heavy (non-hydrogen) atoms. The van der Waals surface area contributed by atoms with E-state index in [9.17, 15) is 4.79 Å². The Morgan fingerprint density at radius 2 is 2.21 bits per heavy atom. The number of nitrogens with one attached hydrogen (secondary N) is 4. The number of fused-ring (bicyclic) bond motifs is 1. The maximum atomic E-state index is 12.4. The number of amides is 2. The highest BCUT2D eigenvalue weighted by molar-refractivity contribution is 5.77. The van der Waals surface area contributed by atoms with Crippen LogP contribution in [-0.4, -0.2) is 40.5 Å². The highest BCUT2D eigenvalue weighted by Gasteiger charge is 2.30. The molecule has 1 aliphatic carbocycles. The number of carbonyl (C=O) groups excluding carboxylic acids is 1. The molecule has 2 amide bonds. The van der Waals surface area contributed by atoms with Gasteiger partial charge in [0.25, 0.3) is 0 Å². The fourth-order valence-corrected chi connectivity index (χ4v) is 4.22. The quantitative estimate of drug-likeness (QED) is 0.500. The first-order valence-electron chi connectivity index (χ1n) is 10.5. The second-order valence-corrected chi connectivity index (χ2v) is 8.35. The van der Waals surface area contributed by atoms with Crippen LogP contribution in [0.15, 0.2) is 42.1 Å². The summed E-state index contributed by atoms with van der Waals surface area (Å²) in [5, 5.41) is 17.4. The Morgan fingerprint density at radius 3 is 3.00 bits per heavy atom. The minimum atomic E-state index is -0.154. The number of dihydropyridines is 1. The molecule has 0 radical (unpaired) electrons. The number of aromatic nitrogens is 2. The number of nitrogens with zero attached hydrogens (tertiary/aromatic N) is 2. The average Bonchev–Trinajstić information content (AvgIpc) is 3.35. The Labute approximate surface area is 171 Å². The highest BCUT2D eigenvalue weighted by Crippen LogP contribution is 2.28. The number of rotatable bonds is 6. The second-order valence-electron chi connectivity index (χ2n) is 8.35. The predicted octanol–water partition coefficient (Wildman–Crippen LogP) is 1.55. The molecule has 3 aliphatic rings. The van der Waals surface area contributed by atoms with Crippen LogP contribution in [0.4, 0.5) is 4.79 Å². The molecular weight excluding hydrogens is 366 g/mol. The van der Waals surface area contributed by atoms with Gasteiger partial charge in [0.15, 0.2) is 0 Å². The first-order valence-corrected chi connectivity index (χ1v) is 10.5. The van der Waals surface area contributed by atoms with Crippen molar-refractivity contribution in [3.63, 3.8) is 0 Å². The first-order chi connectivity index (χ1) is 14.0. The molecule has 0 saturated heterocycles. The standard InChI is InChI=1S/C21H31N7O/c1-21(7-2-3-8-21)27-20(29)26-19-6-5-17-18(25-19)11-15(12-23-17)16-13-24-28(14-16)10-4-9-22/h5-6,11,13-14,18,23,25H,2-4,7-10,12,22H2,1H3,(H2,26,27,29). The van der Waals surface area contributed by atoms with Gasteiger partial charge in [-0.3, -0.25) is 10.00 Å². The summed E-state index contributed by atoms with van der Waals surface area (Å²) in [6.07, 6.45) is 15.4. The monoisotopic (exact) mass is 397 g/mol. The normalized spacial score (nSPS) is 22.4. The van der Waals surface area contributed by atoms with Crippen molar-refractivity contribution >= 4 is 11.6 Å². The molecule has 2 aliphatic heterocycles. The second kappa shape index (κ2) is 8.32. The van der Waals surface area contributed by atoms with E-state index in [1.807, 2.05) is 23.0 Å². The van der Waals surface area contributed by atoms with Crippen LogP contribution >= 0.6 is 0 Å². The molecule has 0 aromatic carbocycles. The molecule has 8 nitrogen and oxygen atoms in total. The number of carbonyl (C=O) groups is 1. The minimum absolute atomic E-state index is 0.00601. The Morgan fingerprint density at radius 1 is 1.38 bits per heavy atom. The topological polar surface area (TPSA) is 109 Å². The van der Waals surface area contributed by atoms with Gasteiger partial charge in [-0.25, -0.2) is 4.79 Å². The lowest BCUT2D eigenvalue weighted by atomic mass is 9.99. The molecule has 1 atom stereocenters. The lowest BCUT2D eigenvalue weighted by Crippen LogP contribution is -2.51. The van der Waals surface area contributed by atoms with Gasteiger partial charge in [-0.2, -0.15) is 5.10 Å². The Balaban J connectivity index is 1.38. The van der Waals surface area contributed by atoms with Gasteiger partial charge in [-0.1, -0.05) is 18.9 Å². The molecule has 0 bridgehead atoms. The summed E-state index contributed by atoms with van der Waals surface area (Å²) in [6.45, 7) is 4.36. The molecule has 3 heterocycles. The van der Waals surface area contributed by atoms with E-state index in [1.165, 1.54) is 18.4 Å². The number of allylic oxidation sites excluding steroid dienone is 2. The molecule has 1 fully saturated rings. The minimum Gasteiger partial charge on any atom is -0.382 e. The molecule has 0 spiro atoms. The highest BCUT2D eigenvalue weighted by atomic mass is 16.2. The van der Waals surface area contributed by atoms with Crippen LogP contribution in [-0.2, 0) is 6.54 Å². The maximum Gasteiger partial charge on any atom is 0.320 e. The van der Waals surface area contributed by atoms with Gasteiger partial charge < -0.3 is 21.7 Å². The fraction of sp³-hybridized carbons (Fsp3) is 0.524. The van der Waals surface area contributed by atoms with E-state index in [4.69, 9.17) is 5.73 Å². The molecule has 1 aromatic rings. The molecule has 156 valence electrons. The van der Waals surface area contributed by atoms with Crippen molar-refractivity contribution in [2.75, 3.05) is 13.1 Å². The number of hydrogen-bond acceptors (Lipinski definition) is 5. The third-order valence-electron chi connectivity index (χ3n) is 5.89. The summed E-state index contributed by atoms with van der Waals surface area (Å²) in [6, 6.07) is -0.160. The average molecular weight is 398 g/mol. The SMILES string of the molecule is CC1(NC(=O)NC2=CC=C3NCC(c4cnn(CCCN)c4)=CC3N2)CCCC1. The largest absolute Gasteiger partial charge is 0.382 e. The summed E-state index contributed by atoms with van der Waals surface area (Å²) < 4.78 is 1.93. The lowest BCUT2D eigenvalue weighted by Gasteiger charge is -2.31. The van der Waals surface area contributed by atoms with Gasteiger partial charge >= 0.3 is 6.03 Å². The zero-order valence-corrected chi connectivity index (χ0v) is 17.0. The van der Waals surface area contributed by atoms with Crippen molar-refractivity contribution in [1.82, 2.24) is 31.0 Å². The number of urea groups is 1. The molecule has 1 aromatic heterocycles. The maximum absolute atomic E-state index is 12.4. The molecule has 6 N–H and O–H groups in total. The van der Waals surface area contributed by atoms with Crippen molar-refractivity contribution in [3.05, 3.63) is 47.7 Å². The van der Waals surface area contributed by atoms with Gasteiger partial charge in [0.1, 0.15) is 5.82 Å². The van der Waals surface area contributed by atoms with Crippen molar-refractivity contribution in [3.8, 4) is 0 Å². The molecule has 1 unspecified atom stereocenters. The van der Waals surface area contributed by atoms with E-state index in [0.29, 0.717) is 12.4 Å². The van der Waals surface area contributed by atoms with Gasteiger partial charge in [0.05, 0.1) is 12.2 Å². The van der Waals surface area contributed by atoms with Gasteiger partial charge in [0.2, 0.25) is 0 Å². The van der Waals surface area contributed by atoms with E-state index in [0.717, 1.165) is 43.6 Å². The zero-order valence-electron chi connectivity index (χ0n) is 17.0. The Hall–Kier alpha value is -2.74. The van der Waals surface area contributed by atoms with E-state index >= 15 is 0 Å². The Bertz CT molecular complexity index is 845. The zero-order chi connectivity index (χ0) is 20.3. The van der Waals surface area contributed by atoms with Crippen molar-refractivity contribution in [2.24, 2.45) is 5.73 Å². The van der Waals surface area contributed by atoms with E-state index in [-0.39, 0.29) is 17.6 Å². The van der Waals surface area contributed by atoms with Crippen LogP contribution in [0.3, 0.4) is 0 Å². The van der Waals surface area contributed by atoms with Crippen LogP contribution in [0.1, 0.15) is 44.6 Å². The van der Waals surface area contributed by atoms with E-state index < -0.39 is 0 Å². The van der Waals surface area contributed by atoms with E-state index in [2.05, 4.69) is 45.6 Å². The lowest BCUT2D eigenvalue weighted by molar-refractivity contribution is 0.229. The van der Waals surface area contributed by atoms with Crippen molar-refractivity contribution < 1.29 is 4.79 Å². The fourth-order valence-electron chi connectivity index (χ4n) is 4.22. The van der Waals surface area contributed by atoms with Gasteiger partial charge in [-0.15, -0.1) is 0 Å². The summed E-state index contributed by atoms with van der Waals surface area (Å²) in [5.41, 5.74) is 8.87. The molecular formula is C21H31N7O. The van der Waals surface area contributed by atoms with Crippen LogP contribution in [0.5, 0.6) is 0 Å². The van der Waals surface area contributed by atoms with Crippen LogP contribution in [0, 0.1) is 0 Å². The van der Waals surface area contributed by atoms with Crippen molar-refractivity contribution in [2.45, 2.75) is 57.2 Å². The van der Waals surface area contributed by atoms with Gasteiger partial charge in [-0.05, 0) is 50.5 Å². The summed E-state index contributed by atoms with van der Waals surface area (Å²) in [4.78, 5) is 12.4. The molecule has 4 rings (SSSR count). The number of aryl methyl sites for hydroxylation is 1. The summed E-state index contributed by atoms with van der Waals surface area (Å²) >= 11 is 0. The van der Waals surface area contributed by atoms with Crippen molar-refractivity contribution in [1.29, 1.82) is 0 Å². The van der Waals surface area contributed by atoms with Gasteiger partial charge in [0, 0.05) is 36.1 Å². The van der Waals surface area contributed by atoms with Crippen LogP contribution in [0.2, 0.25) is 0 Å². The third kappa shape index (κ3) is 4.64. The van der Waals surface area contributed by atoms with E-state index in [1.54, 1.807) is 0 Å². The smallest absolute Gasteiger partial charge is 0.320 e. The number of nitrogens with two attached hydrogens (primary N) is 1. The summed E-state index contributed by atoms with van der Waals surface area (Å²) in [5.74, 6) is 0.704. The van der Waals surface area contributed by atoms with Crippen LogP contribution in [0.25, 0.3) is 5.57 Å².